The molecule has 6 heteroatoms. The summed E-state index contributed by atoms with van der Waals surface area (Å²) in [5, 5.41) is 3.53. The number of azide groups is 1. The molecule has 0 bridgehead atoms. The van der Waals surface area contributed by atoms with Crippen molar-refractivity contribution in [2.24, 2.45) is 5.11 Å². The second-order valence-electron chi connectivity index (χ2n) is 3.01. The summed E-state index contributed by atoms with van der Waals surface area (Å²) in [5.41, 5.74) is 8.19. The average Bonchev–Trinajstić information content (AvgIpc) is 2.20. The highest BCUT2D eigenvalue weighted by molar-refractivity contribution is 5.74. The molecule has 2 atom stereocenters. The SMILES string of the molecule is CCOC(=O)[C@H]1CC[C@H](N=[N+]=[N-])CO1. The molecule has 0 N–H and O–H groups in total. The van der Waals surface area contributed by atoms with Gasteiger partial charge in [-0.05, 0) is 25.3 Å². The van der Waals surface area contributed by atoms with E-state index in [1.807, 2.05) is 0 Å². The molecule has 0 aromatic carbocycles. The van der Waals surface area contributed by atoms with Crippen molar-refractivity contribution >= 4 is 5.97 Å². The van der Waals surface area contributed by atoms with Gasteiger partial charge in [-0.1, -0.05) is 5.11 Å². The summed E-state index contributed by atoms with van der Waals surface area (Å²) in [5.74, 6) is -0.327. The number of carbonyl (C=O) groups excluding carboxylic acids is 1. The van der Waals surface area contributed by atoms with Crippen LogP contribution in [-0.2, 0) is 14.3 Å². The van der Waals surface area contributed by atoms with Gasteiger partial charge in [-0.25, -0.2) is 4.79 Å². The molecule has 1 rings (SSSR count). The van der Waals surface area contributed by atoms with Gasteiger partial charge in [0.15, 0.2) is 6.10 Å². The molecule has 1 aliphatic rings. The van der Waals surface area contributed by atoms with E-state index in [0.717, 1.165) is 0 Å². The molecule has 0 aromatic rings. The molecule has 1 aliphatic heterocycles. The van der Waals surface area contributed by atoms with Gasteiger partial charge in [-0.2, -0.15) is 0 Å². The van der Waals surface area contributed by atoms with Crippen molar-refractivity contribution in [1.29, 1.82) is 0 Å². The Morgan fingerprint density at radius 3 is 3.00 bits per heavy atom. The molecule has 0 saturated carbocycles. The topological polar surface area (TPSA) is 84.3 Å². The number of hydrogen-bond acceptors (Lipinski definition) is 4. The third kappa shape index (κ3) is 2.90. The lowest BCUT2D eigenvalue weighted by Crippen LogP contribution is -2.35. The number of nitrogens with zero attached hydrogens (tertiary/aromatic N) is 3. The molecule has 0 radical (unpaired) electrons. The fourth-order valence-corrected chi connectivity index (χ4v) is 1.32. The maximum Gasteiger partial charge on any atom is 0.335 e. The van der Waals surface area contributed by atoms with E-state index < -0.39 is 6.10 Å². The van der Waals surface area contributed by atoms with E-state index in [9.17, 15) is 4.79 Å². The Balaban J connectivity index is 2.35. The van der Waals surface area contributed by atoms with Crippen molar-refractivity contribution in [3.63, 3.8) is 0 Å². The average molecular weight is 199 g/mol. The zero-order chi connectivity index (χ0) is 10.4. The zero-order valence-corrected chi connectivity index (χ0v) is 8.05. The summed E-state index contributed by atoms with van der Waals surface area (Å²) in [6, 6.07) is -0.148. The highest BCUT2D eigenvalue weighted by atomic mass is 16.6. The second-order valence-corrected chi connectivity index (χ2v) is 3.01. The first-order chi connectivity index (χ1) is 6.77. The van der Waals surface area contributed by atoms with Crippen LogP contribution in [0.1, 0.15) is 19.8 Å². The lowest BCUT2D eigenvalue weighted by Gasteiger charge is -2.24. The molecule has 1 heterocycles. The van der Waals surface area contributed by atoms with Crippen LogP contribution in [0.3, 0.4) is 0 Å². The molecule has 0 aromatic heterocycles. The van der Waals surface area contributed by atoms with Crippen molar-refractivity contribution in [1.82, 2.24) is 0 Å². The largest absolute Gasteiger partial charge is 0.464 e. The number of hydrogen-bond donors (Lipinski definition) is 0. The Morgan fingerprint density at radius 2 is 2.50 bits per heavy atom. The van der Waals surface area contributed by atoms with Crippen molar-refractivity contribution < 1.29 is 14.3 Å². The van der Waals surface area contributed by atoms with E-state index in [4.69, 9.17) is 15.0 Å². The monoisotopic (exact) mass is 199 g/mol. The maximum absolute atomic E-state index is 11.2. The van der Waals surface area contributed by atoms with Crippen LogP contribution in [0.4, 0.5) is 0 Å². The Labute approximate surface area is 81.8 Å². The van der Waals surface area contributed by atoms with Gasteiger partial charge in [0.05, 0.1) is 19.3 Å². The number of ether oxygens (including phenoxy) is 2. The van der Waals surface area contributed by atoms with E-state index in [1.54, 1.807) is 6.92 Å². The van der Waals surface area contributed by atoms with Crippen LogP contribution in [-0.4, -0.2) is 31.3 Å². The van der Waals surface area contributed by atoms with Gasteiger partial charge in [0, 0.05) is 4.91 Å². The minimum atomic E-state index is -0.486. The molecule has 14 heavy (non-hydrogen) atoms. The molecule has 0 aliphatic carbocycles. The van der Waals surface area contributed by atoms with Gasteiger partial charge < -0.3 is 9.47 Å². The van der Waals surface area contributed by atoms with E-state index in [-0.39, 0.29) is 12.0 Å². The summed E-state index contributed by atoms with van der Waals surface area (Å²) >= 11 is 0. The van der Waals surface area contributed by atoms with Crippen molar-refractivity contribution in [2.45, 2.75) is 31.9 Å². The third-order valence-electron chi connectivity index (χ3n) is 2.02. The van der Waals surface area contributed by atoms with Crippen LogP contribution < -0.4 is 0 Å². The molecule has 1 fully saturated rings. The van der Waals surface area contributed by atoms with Gasteiger partial charge in [0.2, 0.25) is 0 Å². The van der Waals surface area contributed by atoms with E-state index in [0.29, 0.717) is 26.1 Å². The molecular formula is C8H13N3O3. The lowest BCUT2D eigenvalue weighted by molar-refractivity contribution is -0.159. The molecule has 1 saturated heterocycles. The van der Waals surface area contributed by atoms with E-state index >= 15 is 0 Å². The summed E-state index contributed by atoms with van der Waals surface area (Å²) in [6.07, 6.45) is 0.746. The summed E-state index contributed by atoms with van der Waals surface area (Å²) in [6.45, 7) is 2.41. The third-order valence-corrected chi connectivity index (χ3v) is 2.02. The smallest absolute Gasteiger partial charge is 0.335 e. The van der Waals surface area contributed by atoms with Gasteiger partial charge in [0.25, 0.3) is 0 Å². The summed E-state index contributed by atoms with van der Waals surface area (Å²) in [4.78, 5) is 13.9. The van der Waals surface area contributed by atoms with Crippen LogP contribution in [0.25, 0.3) is 10.4 Å². The highest BCUT2D eigenvalue weighted by Gasteiger charge is 2.27. The first kappa shape index (κ1) is 10.8. The van der Waals surface area contributed by atoms with Crippen LogP contribution in [0.5, 0.6) is 0 Å². The Bertz CT molecular complexity index is 242. The van der Waals surface area contributed by atoms with E-state index in [2.05, 4.69) is 10.0 Å². The molecular weight excluding hydrogens is 186 g/mol. The van der Waals surface area contributed by atoms with Crippen molar-refractivity contribution in [3.05, 3.63) is 10.4 Å². The van der Waals surface area contributed by atoms with Gasteiger partial charge in [-0.15, -0.1) is 0 Å². The first-order valence-electron chi connectivity index (χ1n) is 4.60. The minimum Gasteiger partial charge on any atom is -0.464 e. The predicted molar refractivity (Wildman–Crippen MR) is 48.5 cm³/mol. The quantitative estimate of drug-likeness (QED) is 0.298. The molecule has 0 unspecified atom stereocenters. The van der Waals surface area contributed by atoms with Crippen LogP contribution in [0.2, 0.25) is 0 Å². The molecule has 6 nitrogen and oxygen atoms in total. The number of esters is 1. The fourth-order valence-electron chi connectivity index (χ4n) is 1.32. The zero-order valence-electron chi connectivity index (χ0n) is 8.05. The molecule has 0 spiro atoms. The maximum atomic E-state index is 11.2. The second kappa shape index (κ2) is 5.47. The summed E-state index contributed by atoms with van der Waals surface area (Å²) in [7, 11) is 0. The normalized spacial score (nSPS) is 26.4. The lowest BCUT2D eigenvalue weighted by atomic mass is 10.1. The van der Waals surface area contributed by atoms with E-state index in [1.165, 1.54) is 0 Å². The summed E-state index contributed by atoms with van der Waals surface area (Å²) < 4.78 is 10.0. The Kier molecular flexibility index (Phi) is 4.22. The number of rotatable bonds is 3. The van der Waals surface area contributed by atoms with Crippen LogP contribution >= 0.6 is 0 Å². The van der Waals surface area contributed by atoms with Crippen LogP contribution in [0, 0.1) is 0 Å². The van der Waals surface area contributed by atoms with Gasteiger partial charge >= 0.3 is 5.97 Å². The van der Waals surface area contributed by atoms with Gasteiger partial charge in [-0.3, -0.25) is 0 Å². The predicted octanol–water partition coefficient (Wildman–Crippen LogP) is 1.41. The Morgan fingerprint density at radius 1 is 1.71 bits per heavy atom. The standard InChI is InChI=1S/C8H13N3O3/c1-2-13-8(12)7-4-3-6(5-14-7)10-11-9/h6-7H,2-5H2,1H3/t6-,7+/m0/s1. The molecule has 78 valence electrons. The minimum absolute atomic E-state index is 0.148. The fraction of sp³-hybridized carbons (Fsp3) is 0.875. The van der Waals surface area contributed by atoms with Crippen LogP contribution in [0.15, 0.2) is 5.11 Å². The number of carbonyl (C=O) groups is 1. The van der Waals surface area contributed by atoms with Crippen molar-refractivity contribution in [2.75, 3.05) is 13.2 Å². The van der Waals surface area contributed by atoms with Crippen molar-refractivity contribution in [3.8, 4) is 0 Å². The Hall–Kier alpha value is -1.26. The first-order valence-corrected chi connectivity index (χ1v) is 4.60. The van der Waals surface area contributed by atoms with Gasteiger partial charge in [0.1, 0.15) is 0 Å². The molecule has 0 amide bonds. The highest BCUT2D eigenvalue weighted by Crippen LogP contribution is 2.17.